The van der Waals surface area contributed by atoms with E-state index in [1.165, 1.54) is 34.9 Å². The standard InChI is InChI=1S/C28H37F4N5O5/c1-17(2)14-36(18-13-27(6,24(39)40)16-35(15-18)25(41)42-26(3,4)5)23(38)22-21(11-12-28(30,31)32)37(34-33-22)20-10-8-7-9-19(20)29/h7-10,17-18H,11-16H2,1-6H3,(H,39,40)/p-1/t18-,27+/m0/s1. The summed E-state index contributed by atoms with van der Waals surface area (Å²) < 4.78 is 60.8. The van der Waals surface area contributed by atoms with E-state index in [2.05, 4.69) is 10.3 Å². The second-order valence-corrected chi connectivity index (χ2v) is 12.3. The highest BCUT2D eigenvalue weighted by Crippen LogP contribution is 2.34. The first-order valence-electron chi connectivity index (χ1n) is 13.6. The van der Waals surface area contributed by atoms with Gasteiger partial charge in [0.1, 0.15) is 17.1 Å². The van der Waals surface area contributed by atoms with E-state index in [1.807, 2.05) is 0 Å². The number of carbonyl (C=O) groups excluding carboxylic acids is 3. The number of rotatable bonds is 8. The molecule has 10 nitrogen and oxygen atoms in total. The van der Waals surface area contributed by atoms with Crippen molar-refractivity contribution in [2.75, 3.05) is 19.6 Å². The van der Waals surface area contributed by atoms with Gasteiger partial charge in [0.15, 0.2) is 5.69 Å². The fourth-order valence-electron chi connectivity index (χ4n) is 4.91. The molecule has 42 heavy (non-hydrogen) atoms. The summed E-state index contributed by atoms with van der Waals surface area (Å²) in [5.74, 6) is -3.20. The number of aliphatic carboxylic acids is 1. The fourth-order valence-corrected chi connectivity index (χ4v) is 4.91. The fraction of sp³-hybridized carbons (Fsp3) is 0.607. The molecular formula is C28H36F4N5O5-. The Morgan fingerprint density at radius 2 is 1.83 bits per heavy atom. The van der Waals surface area contributed by atoms with Crippen LogP contribution in [-0.2, 0) is 16.0 Å². The van der Waals surface area contributed by atoms with Gasteiger partial charge in [-0.05, 0) is 45.2 Å². The first-order valence-corrected chi connectivity index (χ1v) is 13.6. The molecule has 1 aromatic heterocycles. The molecule has 0 spiro atoms. The molecule has 3 rings (SSSR count). The topological polar surface area (TPSA) is 121 Å². The van der Waals surface area contributed by atoms with E-state index in [-0.39, 0.29) is 43.4 Å². The van der Waals surface area contributed by atoms with E-state index in [0.717, 1.165) is 10.7 Å². The molecule has 1 fully saturated rings. The van der Waals surface area contributed by atoms with Gasteiger partial charge in [0.25, 0.3) is 5.91 Å². The number of carboxylic acid groups (broad SMARTS) is 1. The predicted octanol–water partition coefficient (Wildman–Crippen LogP) is 3.77. The van der Waals surface area contributed by atoms with Crippen LogP contribution in [0.5, 0.6) is 0 Å². The molecule has 14 heteroatoms. The van der Waals surface area contributed by atoms with Gasteiger partial charge in [-0.3, -0.25) is 4.79 Å². The van der Waals surface area contributed by atoms with Crippen LogP contribution in [0.3, 0.4) is 0 Å². The second-order valence-electron chi connectivity index (χ2n) is 12.3. The number of hydrogen-bond acceptors (Lipinski definition) is 7. The highest BCUT2D eigenvalue weighted by atomic mass is 19.4. The SMILES string of the molecule is CC(C)CN(C(=O)c1nnn(-c2ccccc2F)c1CCC(F)(F)F)[C@@H]1CN(C(=O)OC(C)(C)C)C[C@](C)(C(=O)[O-])C1. The maximum absolute atomic E-state index is 14.6. The summed E-state index contributed by atoms with van der Waals surface area (Å²) >= 11 is 0. The minimum atomic E-state index is -4.59. The summed E-state index contributed by atoms with van der Waals surface area (Å²) in [4.78, 5) is 41.8. The molecule has 2 aromatic rings. The zero-order valence-electron chi connectivity index (χ0n) is 24.5. The smallest absolute Gasteiger partial charge is 0.410 e. The van der Waals surface area contributed by atoms with Crippen molar-refractivity contribution in [1.82, 2.24) is 24.8 Å². The van der Waals surface area contributed by atoms with Crippen molar-refractivity contribution >= 4 is 18.0 Å². The molecule has 0 aliphatic carbocycles. The number of amides is 2. The van der Waals surface area contributed by atoms with Crippen molar-refractivity contribution in [1.29, 1.82) is 0 Å². The van der Waals surface area contributed by atoms with Gasteiger partial charge in [-0.25, -0.2) is 13.9 Å². The molecule has 1 aliphatic heterocycles. The zero-order valence-corrected chi connectivity index (χ0v) is 24.5. The lowest BCUT2D eigenvalue weighted by Crippen LogP contribution is -2.62. The normalized spacial score (nSPS) is 19.6. The van der Waals surface area contributed by atoms with E-state index in [9.17, 15) is 37.1 Å². The van der Waals surface area contributed by atoms with Gasteiger partial charge in [0.05, 0.1) is 11.7 Å². The molecule has 2 atom stereocenters. The lowest BCUT2D eigenvalue weighted by Gasteiger charge is -2.48. The minimum Gasteiger partial charge on any atom is -0.549 e. The number of nitrogens with zero attached hydrogens (tertiary/aromatic N) is 5. The average molecular weight is 599 g/mol. The lowest BCUT2D eigenvalue weighted by molar-refractivity contribution is -0.320. The summed E-state index contributed by atoms with van der Waals surface area (Å²) in [5.41, 5.74) is -3.31. The van der Waals surface area contributed by atoms with Gasteiger partial charge in [0.2, 0.25) is 0 Å². The summed E-state index contributed by atoms with van der Waals surface area (Å²) in [5, 5.41) is 19.9. The Bertz CT molecular complexity index is 1310. The van der Waals surface area contributed by atoms with Gasteiger partial charge in [-0.2, -0.15) is 13.2 Å². The minimum absolute atomic E-state index is 0.0556. The highest BCUT2D eigenvalue weighted by molar-refractivity contribution is 5.94. The first-order chi connectivity index (χ1) is 19.3. The largest absolute Gasteiger partial charge is 0.549 e. The number of ether oxygens (including phenoxy) is 1. The van der Waals surface area contributed by atoms with Crippen molar-refractivity contribution in [3.8, 4) is 5.69 Å². The van der Waals surface area contributed by atoms with Crippen LogP contribution in [0.15, 0.2) is 24.3 Å². The van der Waals surface area contributed by atoms with Crippen LogP contribution in [0.4, 0.5) is 22.4 Å². The Morgan fingerprint density at radius 3 is 2.38 bits per heavy atom. The Labute approximate surface area is 241 Å². The van der Waals surface area contributed by atoms with Gasteiger partial charge in [-0.1, -0.05) is 38.1 Å². The summed E-state index contributed by atoms with van der Waals surface area (Å²) in [6, 6.07) is 4.37. The number of aromatic nitrogens is 3. The molecule has 2 heterocycles. The number of para-hydroxylation sites is 1. The van der Waals surface area contributed by atoms with E-state index in [0.29, 0.717) is 0 Å². The van der Waals surface area contributed by atoms with Gasteiger partial charge in [0, 0.05) is 43.9 Å². The number of benzene rings is 1. The quantitative estimate of drug-likeness (QED) is 0.424. The Hall–Kier alpha value is -3.71. The summed E-state index contributed by atoms with van der Waals surface area (Å²) in [6.07, 6.45) is -7.51. The van der Waals surface area contributed by atoms with Crippen molar-refractivity contribution in [3.05, 3.63) is 41.5 Å². The van der Waals surface area contributed by atoms with Crippen LogP contribution in [0.25, 0.3) is 5.69 Å². The van der Waals surface area contributed by atoms with Crippen molar-refractivity contribution in [2.45, 2.75) is 78.6 Å². The number of halogens is 4. The summed E-state index contributed by atoms with van der Waals surface area (Å²) in [7, 11) is 0. The zero-order chi connectivity index (χ0) is 31.6. The molecule has 0 unspecified atom stereocenters. The van der Waals surface area contributed by atoms with Crippen LogP contribution < -0.4 is 5.11 Å². The molecule has 0 saturated carbocycles. The third kappa shape index (κ3) is 7.97. The molecule has 0 bridgehead atoms. The molecule has 1 saturated heterocycles. The highest BCUT2D eigenvalue weighted by Gasteiger charge is 2.44. The van der Waals surface area contributed by atoms with Crippen molar-refractivity contribution in [2.24, 2.45) is 11.3 Å². The van der Waals surface area contributed by atoms with Gasteiger partial charge < -0.3 is 24.4 Å². The van der Waals surface area contributed by atoms with Crippen molar-refractivity contribution < 1.29 is 41.8 Å². The van der Waals surface area contributed by atoms with Crippen LogP contribution in [-0.4, -0.2) is 80.2 Å². The molecule has 1 aliphatic rings. The molecule has 0 N–H and O–H groups in total. The van der Waals surface area contributed by atoms with Crippen LogP contribution >= 0.6 is 0 Å². The molecular weight excluding hydrogens is 562 g/mol. The number of carbonyl (C=O) groups is 3. The van der Waals surface area contributed by atoms with Gasteiger partial charge in [-0.15, -0.1) is 5.10 Å². The molecule has 0 radical (unpaired) electrons. The Balaban J connectivity index is 2.09. The third-order valence-corrected chi connectivity index (χ3v) is 6.76. The van der Waals surface area contributed by atoms with E-state index in [1.54, 1.807) is 34.6 Å². The number of hydrogen-bond donors (Lipinski definition) is 0. The van der Waals surface area contributed by atoms with E-state index < -0.39 is 65.6 Å². The molecule has 2 amide bonds. The third-order valence-electron chi connectivity index (χ3n) is 6.76. The number of piperidine rings is 1. The van der Waals surface area contributed by atoms with Crippen LogP contribution in [0.1, 0.15) is 70.6 Å². The lowest BCUT2D eigenvalue weighted by atomic mass is 9.79. The Morgan fingerprint density at radius 1 is 1.19 bits per heavy atom. The monoisotopic (exact) mass is 598 g/mol. The Kier molecular flexibility index (Phi) is 9.57. The van der Waals surface area contributed by atoms with Crippen LogP contribution in [0.2, 0.25) is 0 Å². The first kappa shape index (κ1) is 32.8. The van der Waals surface area contributed by atoms with Crippen LogP contribution in [0, 0.1) is 17.2 Å². The second kappa shape index (κ2) is 12.3. The maximum Gasteiger partial charge on any atom is 0.410 e. The van der Waals surface area contributed by atoms with E-state index >= 15 is 0 Å². The summed E-state index contributed by atoms with van der Waals surface area (Å²) in [6.45, 7) is 9.68. The maximum atomic E-state index is 14.6. The number of carboxylic acids is 1. The van der Waals surface area contributed by atoms with Gasteiger partial charge >= 0.3 is 12.3 Å². The van der Waals surface area contributed by atoms with E-state index in [4.69, 9.17) is 4.74 Å². The number of alkyl halides is 3. The molecule has 1 aromatic carbocycles. The molecule has 232 valence electrons. The average Bonchev–Trinajstić information content (AvgIpc) is 3.27. The van der Waals surface area contributed by atoms with Crippen molar-refractivity contribution in [3.63, 3.8) is 0 Å². The predicted molar refractivity (Wildman–Crippen MR) is 141 cm³/mol. The number of likely N-dealkylation sites (tertiary alicyclic amines) is 1.